The number of halogens is 3. The van der Waals surface area contributed by atoms with Crippen LogP contribution in [-0.4, -0.2) is 29.4 Å². The average molecular weight is 363 g/mol. The second-order valence-corrected chi connectivity index (χ2v) is 5.96. The normalized spacial score (nSPS) is 17.5. The van der Waals surface area contributed by atoms with Crippen molar-refractivity contribution in [2.24, 2.45) is 0 Å². The fraction of sp³-hybridized carbons (Fsp3) is 0.278. The van der Waals surface area contributed by atoms with Crippen molar-refractivity contribution in [2.45, 2.75) is 25.1 Å². The van der Waals surface area contributed by atoms with Crippen molar-refractivity contribution in [3.05, 3.63) is 53.7 Å². The molecule has 0 unspecified atom stereocenters. The molecule has 1 saturated heterocycles. The van der Waals surface area contributed by atoms with Crippen LogP contribution in [0.4, 0.5) is 13.2 Å². The van der Waals surface area contributed by atoms with Crippen LogP contribution in [-0.2, 0) is 11.0 Å². The number of carbonyl (C=O) groups is 2. The second kappa shape index (κ2) is 7.15. The lowest BCUT2D eigenvalue weighted by molar-refractivity contribution is -0.137. The highest BCUT2D eigenvalue weighted by atomic mass is 19.4. The Bertz CT molecular complexity index is 819. The van der Waals surface area contributed by atoms with Gasteiger partial charge in [0.1, 0.15) is 6.04 Å². The van der Waals surface area contributed by atoms with Gasteiger partial charge < -0.3 is 10.6 Å². The molecule has 136 valence electrons. The van der Waals surface area contributed by atoms with Crippen molar-refractivity contribution >= 4 is 11.8 Å². The number of nitrogens with one attached hydrogen (secondary N) is 2. The van der Waals surface area contributed by atoms with Crippen molar-refractivity contribution in [3.8, 4) is 11.3 Å². The minimum Gasteiger partial charge on any atom is -0.354 e. The number of hydrogen-bond acceptors (Lipinski definition) is 3. The largest absolute Gasteiger partial charge is 0.416 e. The summed E-state index contributed by atoms with van der Waals surface area (Å²) in [5, 5.41) is 5.34. The molecule has 1 aliphatic rings. The van der Waals surface area contributed by atoms with Gasteiger partial charge >= 0.3 is 6.18 Å². The highest BCUT2D eigenvalue weighted by Crippen LogP contribution is 2.31. The van der Waals surface area contributed by atoms with E-state index in [9.17, 15) is 22.8 Å². The summed E-state index contributed by atoms with van der Waals surface area (Å²) in [5.41, 5.74) is 0.160. The average Bonchev–Trinajstić information content (AvgIpc) is 2.63. The van der Waals surface area contributed by atoms with Crippen molar-refractivity contribution in [2.75, 3.05) is 6.54 Å². The van der Waals surface area contributed by atoms with Gasteiger partial charge in [0.05, 0.1) is 11.3 Å². The van der Waals surface area contributed by atoms with Crippen LogP contribution in [0.5, 0.6) is 0 Å². The predicted octanol–water partition coefficient (Wildman–Crippen LogP) is 2.78. The third-order valence-electron chi connectivity index (χ3n) is 4.12. The van der Waals surface area contributed by atoms with Gasteiger partial charge in [-0.25, -0.2) is 0 Å². The van der Waals surface area contributed by atoms with Crippen LogP contribution in [0, 0.1) is 0 Å². The molecule has 5 nitrogen and oxygen atoms in total. The maximum Gasteiger partial charge on any atom is 0.416 e. The van der Waals surface area contributed by atoms with Gasteiger partial charge in [-0.3, -0.25) is 14.6 Å². The highest BCUT2D eigenvalue weighted by molar-refractivity contribution is 5.98. The van der Waals surface area contributed by atoms with E-state index in [-0.39, 0.29) is 11.6 Å². The maximum atomic E-state index is 12.8. The number of hydrogen-bond donors (Lipinski definition) is 2. The minimum atomic E-state index is -4.45. The zero-order chi connectivity index (χ0) is 18.7. The molecule has 1 fully saturated rings. The Labute approximate surface area is 147 Å². The summed E-state index contributed by atoms with van der Waals surface area (Å²) in [7, 11) is 0. The first-order valence-corrected chi connectivity index (χ1v) is 8.07. The number of alkyl halides is 3. The first kappa shape index (κ1) is 17.9. The number of rotatable bonds is 3. The number of amides is 2. The van der Waals surface area contributed by atoms with E-state index in [4.69, 9.17) is 0 Å². The molecule has 0 saturated carbocycles. The lowest BCUT2D eigenvalue weighted by atomic mass is 10.0. The van der Waals surface area contributed by atoms with Gasteiger partial charge in [-0.1, -0.05) is 12.1 Å². The fourth-order valence-corrected chi connectivity index (χ4v) is 2.71. The molecule has 2 heterocycles. The molecule has 1 atom stereocenters. The molecular weight excluding hydrogens is 347 g/mol. The summed E-state index contributed by atoms with van der Waals surface area (Å²) >= 11 is 0. The van der Waals surface area contributed by atoms with Crippen LogP contribution >= 0.6 is 0 Å². The topological polar surface area (TPSA) is 71.1 Å². The van der Waals surface area contributed by atoms with Crippen molar-refractivity contribution in [3.63, 3.8) is 0 Å². The van der Waals surface area contributed by atoms with Crippen molar-refractivity contribution in [1.29, 1.82) is 0 Å². The van der Waals surface area contributed by atoms with E-state index in [1.54, 1.807) is 0 Å². The lowest BCUT2D eigenvalue weighted by Crippen LogP contribution is -2.50. The molecule has 2 N–H and O–H groups in total. The van der Waals surface area contributed by atoms with Crippen LogP contribution in [0.2, 0.25) is 0 Å². The number of benzene rings is 1. The Morgan fingerprint density at radius 1 is 1.19 bits per heavy atom. The molecule has 3 rings (SSSR count). The second-order valence-electron chi connectivity index (χ2n) is 5.96. The van der Waals surface area contributed by atoms with E-state index in [1.165, 1.54) is 24.3 Å². The molecule has 8 heteroatoms. The monoisotopic (exact) mass is 363 g/mol. The molecule has 0 aliphatic carbocycles. The lowest BCUT2D eigenvalue weighted by Gasteiger charge is -2.22. The maximum absolute atomic E-state index is 12.8. The Kier molecular flexibility index (Phi) is 4.92. The van der Waals surface area contributed by atoms with E-state index in [2.05, 4.69) is 15.6 Å². The SMILES string of the molecule is O=C(N[C@@H]1CCCNC1=O)c1ccc(-c2cc(C(F)(F)F)ccn2)cc1. The van der Waals surface area contributed by atoms with Crippen LogP contribution in [0.15, 0.2) is 42.6 Å². The van der Waals surface area contributed by atoms with Gasteiger partial charge in [-0.05, 0) is 37.1 Å². The first-order valence-electron chi connectivity index (χ1n) is 8.07. The zero-order valence-electron chi connectivity index (χ0n) is 13.6. The number of aromatic nitrogens is 1. The van der Waals surface area contributed by atoms with Crippen molar-refractivity contribution < 1.29 is 22.8 Å². The standard InChI is InChI=1S/C18H16F3N3O2/c19-18(20,21)13-7-9-22-15(10-13)11-3-5-12(6-4-11)16(25)24-14-2-1-8-23-17(14)26/h3-7,9-10,14H,1-2,8H2,(H,23,26)(H,24,25)/t14-/m1/s1. The summed E-state index contributed by atoms with van der Waals surface area (Å²) in [6, 6.07) is 7.33. The van der Waals surface area contributed by atoms with Gasteiger partial charge in [0, 0.05) is 23.9 Å². The van der Waals surface area contributed by atoms with Crippen molar-refractivity contribution in [1.82, 2.24) is 15.6 Å². The summed E-state index contributed by atoms with van der Waals surface area (Å²) < 4.78 is 38.4. The van der Waals surface area contributed by atoms with E-state index in [1.807, 2.05) is 0 Å². The summed E-state index contributed by atoms with van der Waals surface area (Å²) in [6.45, 7) is 0.601. The van der Waals surface area contributed by atoms with Crippen LogP contribution in [0.3, 0.4) is 0 Å². The van der Waals surface area contributed by atoms with Crippen LogP contribution in [0.1, 0.15) is 28.8 Å². The fourth-order valence-electron chi connectivity index (χ4n) is 2.71. The molecular formula is C18H16F3N3O2. The summed E-state index contributed by atoms with van der Waals surface area (Å²) in [6.07, 6.45) is -1.99. The molecule has 0 bridgehead atoms. The van der Waals surface area contributed by atoms with E-state index in [0.717, 1.165) is 24.8 Å². The Morgan fingerprint density at radius 2 is 1.92 bits per heavy atom. The van der Waals surface area contributed by atoms with Crippen LogP contribution < -0.4 is 10.6 Å². The Morgan fingerprint density at radius 3 is 2.58 bits per heavy atom. The van der Waals surface area contributed by atoms with Gasteiger partial charge in [0.15, 0.2) is 0 Å². The molecule has 26 heavy (non-hydrogen) atoms. The third-order valence-corrected chi connectivity index (χ3v) is 4.12. The van der Waals surface area contributed by atoms with Gasteiger partial charge in [0.2, 0.25) is 5.91 Å². The van der Waals surface area contributed by atoms with E-state index in [0.29, 0.717) is 24.1 Å². The quantitative estimate of drug-likeness (QED) is 0.881. The molecule has 1 aliphatic heterocycles. The molecule has 0 radical (unpaired) electrons. The Balaban J connectivity index is 1.74. The first-order chi connectivity index (χ1) is 12.3. The van der Waals surface area contributed by atoms with Gasteiger partial charge in [0.25, 0.3) is 5.91 Å². The molecule has 2 aromatic rings. The van der Waals surface area contributed by atoms with Crippen LogP contribution in [0.25, 0.3) is 11.3 Å². The van der Waals surface area contributed by atoms with E-state index < -0.39 is 23.7 Å². The third kappa shape index (κ3) is 4.01. The number of nitrogens with zero attached hydrogens (tertiary/aromatic N) is 1. The summed E-state index contributed by atoms with van der Waals surface area (Å²) in [4.78, 5) is 27.9. The number of piperidine rings is 1. The number of carbonyl (C=O) groups excluding carboxylic acids is 2. The zero-order valence-corrected chi connectivity index (χ0v) is 13.6. The predicted molar refractivity (Wildman–Crippen MR) is 88.2 cm³/mol. The molecule has 0 spiro atoms. The molecule has 1 aromatic heterocycles. The minimum absolute atomic E-state index is 0.165. The molecule has 2 amide bonds. The van der Waals surface area contributed by atoms with Gasteiger partial charge in [-0.2, -0.15) is 13.2 Å². The number of pyridine rings is 1. The van der Waals surface area contributed by atoms with E-state index >= 15 is 0 Å². The Hall–Kier alpha value is -2.90. The molecule has 1 aromatic carbocycles. The smallest absolute Gasteiger partial charge is 0.354 e. The van der Waals surface area contributed by atoms with Gasteiger partial charge in [-0.15, -0.1) is 0 Å². The highest BCUT2D eigenvalue weighted by Gasteiger charge is 2.30. The summed E-state index contributed by atoms with van der Waals surface area (Å²) in [5.74, 6) is -0.620.